The van der Waals surface area contributed by atoms with Crippen molar-refractivity contribution in [2.75, 3.05) is 118 Å². The smallest absolute Gasteiger partial charge is 0.410 e. The Morgan fingerprint density at radius 1 is 0.611 bits per heavy atom. The molecule has 0 radical (unpaired) electrons. The van der Waals surface area contributed by atoms with Crippen molar-refractivity contribution < 1.29 is 28.6 Å². The molecule has 4 aliphatic heterocycles. The summed E-state index contributed by atoms with van der Waals surface area (Å²) < 4.78 is 16.4. The van der Waals surface area contributed by atoms with Gasteiger partial charge in [-0.3, -0.25) is 19.6 Å². The molecule has 4 fully saturated rings. The second kappa shape index (κ2) is 20.7. The number of rotatable bonds is 8. The molecule has 3 amide bonds. The van der Waals surface area contributed by atoms with Crippen LogP contribution in [0.3, 0.4) is 0 Å². The summed E-state index contributed by atoms with van der Waals surface area (Å²) >= 11 is 0. The van der Waals surface area contributed by atoms with Crippen molar-refractivity contribution in [3.63, 3.8) is 0 Å². The maximum Gasteiger partial charge on any atom is 0.410 e. The zero-order valence-corrected chi connectivity index (χ0v) is 34.6. The average molecular weight is 759 g/mol. The van der Waals surface area contributed by atoms with Crippen LogP contribution in [0.4, 0.5) is 14.4 Å². The van der Waals surface area contributed by atoms with E-state index in [0.717, 1.165) is 97.2 Å². The van der Waals surface area contributed by atoms with Gasteiger partial charge in [0.1, 0.15) is 17.8 Å². The standard InChI is InChI=1S/C24H38N4O4.C16H32N4O2/c1-20-18-28(22(29)31-19-21-8-6-5-7-9-21)17-16-26(20)13-10-25-11-14-27(15-12-25)23(30)32-24(2,3)4;1-14-13-17-5-6-19(14)10-7-18-8-11-20(12-9-18)15(21)22-16(2,3)4/h5-9,20H,10-19H2,1-4H3;14,17H,5-13H2,1-4H3/t20-;14-/m00/s1. The van der Waals surface area contributed by atoms with Gasteiger partial charge in [0.2, 0.25) is 0 Å². The Hall–Kier alpha value is -3.17. The molecule has 306 valence electrons. The molecule has 2 atom stereocenters. The molecular formula is C40H70N8O6. The summed E-state index contributed by atoms with van der Waals surface area (Å²) in [5, 5.41) is 3.43. The molecule has 4 saturated heterocycles. The van der Waals surface area contributed by atoms with E-state index in [9.17, 15) is 14.4 Å². The van der Waals surface area contributed by atoms with Crippen LogP contribution >= 0.6 is 0 Å². The van der Waals surface area contributed by atoms with Crippen molar-refractivity contribution in [3.05, 3.63) is 35.9 Å². The van der Waals surface area contributed by atoms with Gasteiger partial charge in [0, 0.05) is 130 Å². The Kier molecular flexibility index (Phi) is 16.7. The van der Waals surface area contributed by atoms with Gasteiger partial charge in [0.25, 0.3) is 0 Å². The van der Waals surface area contributed by atoms with Gasteiger partial charge in [-0.1, -0.05) is 30.3 Å². The first kappa shape index (κ1) is 43.6. The third kappa shape index (κ3) is 15.2. The number of hydrogen-bond acceptors (Lipinski definition) is 11. The van der Waals surface area contributed by atoms with Crippen molar-refractivity contribution in [3.8, 4) is 0 Å². The fourth-order valence-corrected chi connectivity index (χ4v) is 7.02. The van der Waals surface area contributed by atoms with E-state index < -0.39 is 11.2 Å². The van der Waals surface area contributed by atoms with E-state index in [1.165, 1.54) is 0 Å². The first-order valence-electron chi connectivity index (χ1n) is 20.1. The Bertz CT molecular complexity index is 1290. The number of carbonyl (C=O) groups excluding carboxylic acids is 3. The minimum atomic E-state index is -0.458. The van der Waals surface area contributed by atoms with E-state index in [-0.39, 0.29) is 24.3 Å². The van der Waals surface area contributed by atoms with E-state index in [0.29, 0.717) is 38.8 Å². The van der Waals surface area contributed by atoms with E-state index in [4.69, 9.17) is 14.2 Å². The average Bonchev–Trinajstić information content (AvgIpc) is 3.13. The molecule has 1 aromatic carbocycles. The number of hydrogen-bond donors (Lipinski definition) is 1. The van der Waals surface area contributed by atoms with Crippen molar-refractivity contribution in [2.24, 2.45) is 0 Å². The Morgan fingerprint density at radius 3 is 1.56 bits per heavy atom. The number of carbonyl (C=O) groups is 3. The highest BCUT2D eigenvalue weighted by Crippen LogP contribution is 2.15. The molecule has 0 saturated carbocycles. The summed E-state index contributed by atoms with van der Waals surface area (Å²) in [6.45, 7) is 32.4. The number of benzene rings is 1. The predicted octanol–water partition coefficient (Wildman–Crippen LogP) is 3.71. The third-order valence-electron chi connectivity index (χ3n) is 10.3. The van der Waals surface area contributed by atoms with Crippen LogP contribution in [0.25, 0.3) is 0 Å². The predicted molar refractivity (Wildman–Crippen MR) is 212 cm³/mol. The first-order chi connectivity index (χ1) is 25.6. The van der Waals surface area contributed by atoms with Crippen LogP contribution in [-0.2, 0) is 20.8 Å². The summed E-state index contributed by atoms with van der Waals surface area (Å²) in [4.78, 5) is 52.0. The number of nitrogens with one attached hydrogen (secondary N) is 1. The van der Waals surface area contributed by atoms with Gasteiger partial charge < -0.3 is 34.2 Å². The lowest BCUT2D eigenvalue weighted by molar-refractivity contribution is 0.0114. The van der Waals surface area contributed by atoms with Crippen LogP contribution in [0.2, 0.25) is 0 Å². The van der Waals surface area contributed by atoms with Gasteiger partial charge in [-0.15, -0.1) is 0 Å². The van der Waals surface area contributed by atoms with Crippen LogP contribution in [0.15, 0.2) is 30.3 Å². The SMILES string of the molecule is C[C@H]1CN(C(=O)OCc2ccccc2)CCN1CCN1CCN(C(=O)OC(C)(C)C)CC1.C[C@H]1CNCCN1CCN1CCN(C(=O)OC(C)(C)C)CC1. The summed E-state index contributed by atoms with van der Waals surface area (Å²) in [7, 11) is 0. The van der Waals surface area contributed by atoms with Gasteiger partial charge in [0.15, 0.2) is 0 Å². The van der Waals surface area contributed by atoms with Crippen molar-refractivity contribution >= 4 is 18.3 Å². The zero-order chi connectivity index (χ0) is 39.3. The number of nitrogens with zero attached hydrogens (tertiary/aromatic N) is 7. The van der Waals surface area contributed by atoms with Crippen LogP contribution in [0.5, 0.6) is 0 Å². The van der Waals surface area contributed by atoms with Crippen LogP contribution in [-0.4, -0.2) is 194 Å². The van der Waals surface area contributed by atoms with E-state index >= 15 is 0 Å². The third-order valence-corrected chi connectivity index (χ3v) is 10.3. The molecule has 0 bridgehead atoms. The van der Waals surface area contributed by atoms with Gasteiger partial charge in [-0.25, -0.2) is 14.4 Å². The van der Waals surface area contributed by atoms with Crippen molar-refractivity contribution in [1.29, 1.82) is 0 Å². The van der Waals surface area contributed by atoms with E-state index in [2.05, 4.69) is 38.8 Å². The van der Waals surface area contributed by atoms with Crippen LogP contribution < -0.4 is 5.32 Å². The molecule has 4 aliphatic rings. The molecule has 14 heteroatoms. The van der Waals surface area contributed by atoms with Crippen LogP contribution in [0, 0.1) is 0 Å². The van der Waals surface area contributed by atoms with Gasteiger partial charge >= 0.3 is 18.3 Å². The summed E-state index contributed by atoms with van der Waals surface area (Å²) in [5.74, 6) is 0. The highest BCUT2D eigenvalue weighted by Gasteiger charge is 2.30. The maximum atomic E-state index is 12.4. The van der Waals surface area contributed by atoms with Crippen LogP contribution in [0.1, 0.15) is 61.0 Å². The van der Waals surface area contributed by atoms with Gasteiger partial charge in [0.05, 0.1) is 0 Å². The largest absolute Gasteiger partial charge is 0.445 e. The first-order valence-corrected chi connectivity index (χ1v) is 20.1. The Balaban J connectivity index is 0.000000258. The van der Waals surface area contributed by atoms with Gasteiger partial charge in [-0.2, -0.15) is 0 Å². The van der Waals surface area contributed by atoms with E-state index in [1.54, 1.807) is 4.90 Å². The lowest BCUT2D eigenvalue weighted by atomic mass is 10.2. The molecule has 5 rings (SSSR count). The molecular weight excluding hydrogens is 688 g/mol. The van der Waals surface area contributed by atoms with E-state index in [1.807, 2.05) is 81.7 Å². The van der Waals surface area contributed by atoms with Crippen molar-refractivity contribution in [2.45, 2.75) is 85.3 Å². The lowest BCUT2D eigenvalue weighted by Crippen LogP contribution is -2.56. The molecule has 54 heavy (non-hydrogen) atoms. The summed E-state index contributed by atoms with van der Waals surface area (Å²) in [5.41, 5.74) is 0.131. The monoisotopic (exact) mass is 759 g/mol. The molecule has 0 aliphatic carbocycles. The van der Waals surface area contributed by atoms with Crippen molar-refractivity contribution in [1.82, 2.24) is 39.6 Å². The molecule has 0 spiro atoms. The number of ether oxygens (including phenoxy) is 3. The Morgan fingerprint density at radius 2 is 1.09 bits per heavy atom. The molecule has 1 aromatic rings. The number of amides is 3. The maximum absolute atomic E-state index is 12.4. The minimum Gasteiger partial charge on any atom is -0.445 e. The summed E-state index contributed by atoms with van der Waals surface area (Å²) in [6.07, 6.45) is -0.637. The number of piperazine rings is 4. The normalized spacial score (nSPS) is 22.6. The molecule has 0 unspecified atom stereocenters. The highest BCUT2D eigenvalue weighted by molar-refractivity contribution is 5.69. The second-order valence-corrected chi connectivity index (χ2v) is 17.1. The second-order valence-electron chi connectivity index (χ2n) is 17.1. The Labute approximate surface area is 325 Å². The molecule has 0 aromatic heterocycles. The summed E-state index contributed by atoms with van der Waals surface area (Å²) in [6, 6.07) is 10.7. The zero-order valence-electron chi connectivity index (χ0n) is 34.6. The lowest BCUT2D eigenvalue weighted by Gasteiger charge is -2.41. The fraction of sp³-hybridized carbons (Fsp3) is 0.775. The minimum absolute atomic E-state index is 0.178. The fourth-order valence-electron chi connectivity index (χ4n) is 7.02. The molecule has 1 N–H and O–H groups in total. The topological polar surface area (TPSA) is 114 Å². The molecule has 4 heterocycles. The highest BCUT2D eigenvalue weighted by atomic mass is 16.6. The quantitative estimate of drug-likeness (QED) is 0.392. The molecule has 14 nitrogen and oxygen atoms in total. The van der Waals surface area contributed by atoms with Gasteiger partial charge in [-0.05, 0) is 61.0 Å².